The molecule has 0 N–H and O–H groups in total. The lowest BCUT2D eigenvalue weighted by atomic mass is 10.1. The molecule has 1 unspecified atom stereocenters. The average Bonchev–Trinajstić information content (AvgIpc) is 2.57. The van der Waals surface area contributed by atoms with Crippen LogP contribution in [-0.2, 0) is 0 Å². The van der Waals surface area contributed by atoms with Gasteiger partial charge in [-0.05, 0) is 38.5 Å². The summed E-state index contributed by atoms with van der Waals surface area (Å²) in [6.07, 6.45) is 0. The second-order valence-electron chi connectivity index (χ2n) is 6.04. The fourth-order valence-corrected chi connectivity index (χ4v) is 3.06. The van der Waals surface area contributed by atoms with Crippen LogP contribution in [-0.4, -0.2) is 46.3 Å². The third-order valence-corrected chi connectivity index (χ3v) is 4.79. The van der Waals surface area contributed by atoms with Gasteiger partial charge in [-0.3, -0.25) is 4.90 Å². The molecule has 1 saturated heterocycles. The lowest BCUT2D eigenvalue weighted by Crippen LogP contribution is -2.47. The fraction of sp³-hybridized carbons (Fsp3) is 0.471. The first-order valence-electron chi connectivity index (χ1n) is 7.97. The summed E-state index contributed by atoms with van der Waals surface area (Å²) < 4.78 is 0. The highest BCUT2D eigenvalue weighted by atomic mass is 35.5. The van der Waals surface area contributed by atoms with E-state index in [0.29, 0.717) is 6.04 Å². The maximum Gasteiger partial charge on any atom is 0.245 e. The lowest BCUT2D eigenvalue weighted by Gasteiger charge is -2.38. The normalized spacial score (nSPS) is 17.3. The van der Waals surface area contributed by atoms with Crippen molar-refractivity contribution >= 4 is 17.5 Å². The molecule has 1 aromatic carbocycles. The van der Waals surface area contributed by atoms with Crippen LogP contribution in [0.2, 0.25) is 5.02 Å². The van der Waals surface area contributed by atoms with Crippen molar-refractivity contribution in [2.24, 2.45) is 0 Å². The van der Waals surface area contributed by atoms with Gasteiger partial charge in [-0.25, -0.2) is 4.98 Å². The van der Waals surface area contributed by atoms with Crippen molar-refractivity contribution in [1.82, 2.24) is 20.1 Å². The number of rotatable bonds is 3. The monoisotopic (exact) mass is 331 g/mol. The summed E-state index contributed by atoms with van der Waals surface area (Å²) in [5, 5.41) is 9.21. The number of piperazine rings is 1. The van der Waals surface area contributed by atoms with Gasteiger partial charge in [0.2, 0.25) is 5.95 Å². The van der Waals surface area contributed by atoms with Crippen LogP contribution in [0, 0.1) is 13.8 Å². The van der Waals surface area contributed by atoms with E-state index >= 15 is 0 Å². The molecule has 1 atom stereocenters. The zero-order valence-corrected chi connectivity index (χ0v) is 14.6. The van der Waals surface area contributed by atoms with E-state index in [1.807, 2.05) is 26.0 Å². The van der Waals surface area contributed by atoms with Crippen LogP contribution in [0.15, 0.2) is 24.3 Å². The number of benzene rings is 1. The number of hydrogen-bond donors (Lipinski definition) is 0. The van der Waals surface area contributed by atoms with Crippen LogP contribution in [0.1, 0.15) is 29.9 Å². The van der Waals surface area contributed by atoms with Gasteiger partial charge in [-0.1, -0.05) is 23.7 Å². The van der Waals surface area contributed by atoms with Crippen LogP contribution in [0.4, 0.5) is 5.95 Å². The molecule has 1 aromatic heterocycles. The summed E-state index contributed by atoms with van der Waals surface area (Å²) in [6, 6.07) is 8.47. The summed E-state index contributed by atoms with van der Waals surface area (Å²) in [7, 11) is 0. The number of anilines is 1. The molecule has 0 amide bonds. The van der Waals surface area contributed by atoms with Gasteiger partial charge in [0.05, 0.1) is 11.4 Å². The highest BCUT2D eigenvalue weighted by Gasteiger charge is 2.23. The number of halogens is 1. The first-order chi connectivity index (χ1) is 11.0. The van der Waals surface area contributed by atoms with E-state index in [4.69, 9.17) is 11.6 Å². The molecular formula is C17H22ClN5. The Morgan fingerprint density at radius 2 is 1.78 bits per heavy atom. The lowest BCUT2D eigenvalue weighted by molar-refractivity contribution is 0.197. The number of hydrogen-bond acceptors (Lipinski definition) is 5. The Kier molecular flexibility index (Phi) is 4.78. The Morgan fingerprint density at radius 1 is 1.04 bits per heavy atom. The Bertz CT molecular complexity index is 682. The highest BCUT2D eigenvalue weighted by molar-refractivity contribution is 6.30. The van der Waals surface area contributed by atoms with E-state index in [9.17, 15) is 0 Å². The first kappa shape index (κ1) is 16.1. The quantitative estimate of drug-likeness (QED) is 0.865. The molecule has 23 heavy (non-hydrogen) atoms. The Labute approximate surface area is 142 Å². The summed E-state index contributed by atoms with van der Waals surface area (Å²) in [5.41, 5.74) is 3.10. The Balaban J connectivity index is 1.65. The molecule has 1 aliphatic heterocycles. The third kappa shape index (κ3) is 3.62. The van der Waals surface area contributed by atoms with Gasteiger partial charge in [-0.15, -0.1) is 5.10 Å². The van der Waals surface area contributed by atoms with Crippen LogP contribution in [0.25, 0.3) is 0 Å². The number of aryl methyl sites for hydroxylation is 2. The van der Waals surface area contributed by atoms with Crippen molar-refractivity contribution in [2.45, 2.75) is 26.8 Å². The largest absolute Gasteiger partial charge is 0.337 e. The fourth-order valence-electron chi connectivity index (χ4n) is 2.87. The van der Waals surface area contributed by atoms with Gasteiger partial charge >= 0.3 is 0 Å². The summed E-state index contributed by atoms with van der Waals surface area (Å²) >= 11 is 6.11. The van der Waals surface area contributed by atoms with E-state index in [-0.39, 0.29) is 0 Å². The van der Waals surface area contributed by atoms with Crippen molar-refractivity contribution in [1.29, 1.82) is 0 Å². The zero-order valence-electron chi connectivity index (χ0n) is 13.8. The zero-order chi connectivity index (χ0) is 16.4. The van der Waals surface area contributed by atoms with Gasteiger partial charge < -0.3 is 4.90 Å². The molecule has 2 heterocycles. The minimum atomic E-state index is 0.356. The standard InChI is InChI=1S/C17H22ClN5/c1-12-13(2)20-21-17(19-12)23-9-7-22(8-10-23)14(3)15-5-4-6-16(18)11-15/h4-6,11,14H,7-10H2,1-3H3. The topological polar surface area (TPSA) is 45.2 Å². The molecule has 1 aliphatic rings. The minimum absolute atomic E-state index is 0.356. The van der Waals surface area contributed by atoms with E-state index < -0.39 is 0 Å². The van der Waals surface area contributed by atoms with Gasteiger partial charge in [0.25, 0.3) is 0 Å². The molecular weight excluding hydrogens is 310 g/mol. The van der Waals surface area contributed by atoms with Crippen molar-refractivity contribution in [3.8, 4) is 0 Å². The van der Waals surface area contributed by atoms with Crippen LogP contribution in [0.3, 0.4) is 0 Å². The van der Waals surface area contributed by atoms with E-state index in [1.165, 1.54) is 5.56 Å². The SMILES string of the molecule is Cc1nnc(N2CCN(C(C)c3cccc(Cl)c3)CC2)nc1C. The van der Waals surface area contributed by atoms with Gasteiger partial charge in [0.1, 0.15) is 0 Å². The van der Waals surface area contributed by atoms with Crippen molar-refractivity contribution in [3.05, 3.63) is 46.2 Å². The number of aromatic nitrogens is 3. The molecule has 122 valence electrons. The van der Waals surface area contributed by atoms with Gasteiger partial charge in [-0.2, -0.15) is 5.10 Å². The maximum absolute atomic E-state index is 6.11. The molecule has 6 heteroatoms. The number of nitrogens with zero attached hydrogens (tertiary/aromatic N) is 5. The predicted molar refractivity (Wildman–Crippen MR) is 93.0 cm³/mol. The molecule has 5 nitrogen and oxygen atoms in total. The second kappa shape index (κ2) is 6.81. The summed E-state index contributed by atoms with van der Waals surface area (Å²) in [5.74, 6) is 0.739. The molecule has 0 spiro atoms. The summed E-state index contributed by atoms with van der Waals surface area (Å²) in [6.45, 7) is 9.92. The van der Waals surface area contributed by atoms with E-state index in [1.54, 1.807) is 0 Å². The molecule has 0 saturated carbocycles. The predicted octanol–water partition coefficient (Wildman–Crippen LogP) is 3.03. The van der Waals surface area contributed by atoms with Crippen molar-refractivity contribution in [2.75, 3.05) is 31.1 Å². The average molecular weight is 332 g/mol. The molecule has 0 bridgehead atoms. The molecule has 0 aliphatic carbocycles. The van der Waals surface area contributed by atoms with Crippen molar-refractivity contribution < 1.29 is 0 Å². The summed E-state index contributed by atoms with van der Waals surface area (Å²) in [4.78, 5) is 9.23. The Morgan fingerprint density at radius 3 is 2.43 bits per heavy atom. The third-order valence-electron chi connectivity index (χ3n) is 4.56. The highest BCUT2D eigenvalue weighted by Crippen LogP contribution is 2.24. The molecule has 0 radical (unpaired) electrons. The van der Waals surface area contributed by atoms with Gasteiger partial charge in [0.15, 0.2) is 0 Å². The second-order valence-corrected chi connectivity index (χ2v) is 6.47. The first-order valence-corrected chi connectivity index (χ1v) is 8.35. The van der Waals surface area contributed by atoms with Crippen LogP contribution < -0.4 is 4.90 Å². The van der Waals surface area contributed by atoms with E-state index in [2.05, 4.69) is 44.0 Å². The van der Waals surface area contributed by atoms with Gasteiger partial charge in [0, 0.05) is 37.2 Å². The van der Waals surface area contributed by atoms with Crippen LogP contribution in [0.5, 0.6) is 0 Å². The minimum Gasteiger partial charge on any atom is -0.337 e. The maximum atomic E-state index is 6.11. The van der Waals surface area contributed by atoms with Crippen LogP contribution >= 0.6 is 11.6 Å². The molecule has 2 aromatic rings. The Hall–Kier alpha value is -1.72. The molecule has 1 fully saturated rings. The molecule has 3 rings (SSSR count). The smallest absolute Gasteiger partial charge is 0.245 e. The van der Waals surface area contributed by atoms with Crippen molar-refractivity contribution in [3.63, 3.8) is 0 Å². The van der Waals surface area contributed by atoms with E-state index in [0.717, 1.165) is 48.5 Å².